The van der Waals surface area contributed by atoms with Gasteiger partial charge in [0.1, 0.15) is 11.5 Å². The maximum Gasteiger partial charge on any atom is 0.417 e. The second-order valence-corrected chi connectivity index (χ2v) is 12.7. The van der Waals surface area contributed by atoms with Gasteiger partial charge in [0.2, 0.25) is 6.35 Å². The van der Waals surface area contributed by atoms with Gasteiger partial charge in [-0.15, -0.1) is 0 Å². The Hall–Kier alpha value is -2.60. The summed E-state index contributed by atoms with van der Waals surface area (Å²) in [5.74, 6) is 0.576. The molecule has 1 unspecified atom stereocenters. The predicted molar refractivity (Wildman–Crippen MR) is 156 cm³/mol. The fraction of sp³-hybridized carbons (Fsp3) is 0.516. The van der Waals surface area contributed by atoms with Gasteiger partial charge in [-0.1, -0.05) is 83.5 Å². The number of hydrogen-bond donors (Lipinski definition) is 1. The lowest BCUT2D eigenvalue weighted by atomic mass is 9.72. The molecule has 5 atom stereocenters. The Bertz CT molecular complexity index is 1080. The first kappa shape index (κ1) is 32.6. The van der Waals surface area contributed by atoms with Crippen molar-refractivity contribution in [3.63, 3.8) is 0 Å². The summed E-state index contributed by atoms with van der Waals surface area (Å²) in [4.78, 5) is 12.1. The highest BCUT2D eigenvalue weighted by atomic mass is 31.2. The van der Waals surface area contributed by atoms with Gasteiger partial charge in [-0.3, -0.25) is 4.52 Å². The van der Waals surface area contributed by atoms with Crippen molar-refractivity contribution >= 4 is 19.6 Å². The normalized spacial score (nSPS) is 16.6. The van der Waals surface area contributed by atoms with Crippen LogP contribution >= 0.6 is 7.60 Å². The zero-order chi connectivity index (χ0) is 29.1. The van der Waals surface area contributed by atoms with Crippen molar-refractivity contribution in [1.82, 2.24) is 0 Å². The van der Waals surface area contributed by atoms with Gasteiger partial charge in [-0.25, -0.2) is 9.36 Å². The highest BCUT2D eigenvalue weighted by Crippen LogP contribution is 2.49. The van der Waals surface area contributed by atoms with Crippen LogP contribution in [0.1, 0.15) is 66.9 Å². The molecule has 0 aromatic heterocycles. The first-order chi connectivity index (χ1) is 18.4. The number of hydrogen-bond acceptors (Lipinski definition) is 7. The second-order valence-electron chi connectivity index (χ2n) is 10.8. The molecule has 0 spiro atoms. The van der Waals surface area contributed by atoms with Crippen LogP contribution in [0, 0.1) is 17.3 Å². The summed E-state index contributed by atoms with van der Waals surface area (Å²) in [7, 11) is -3.87. The summed E-state index contributed by atoms with van der Waals surface area (Å²) < 4.78 is 35.5. The number of para-hydroxylation sites is 1. The van der Waals surface area contributed by atoms with E-state index in [4.69, 9.17) is 18.5 Å². The van der Waals surface area contributed by atoms with Gasteiger partial charge in [-0.05, 0) is 67.3 Å². The smallest absolute Gasteiger partial charge is 0.417 e. The number of benzene rings is 2. The molecule has 0 heterocycles. The summed E-state index contributed by atoms with van der Waals surface area (Å²) in [6.45, 7) is 14.1. The molecular formula is C31H45O7P. The van der Waals surface area contributed by atoms with E-state index in [2.05, 4.69) is 40.7 Å². The van der Waals surface area contributed by atoms with Crippen LogP contribution in [0.15, 0.2) is 60.7 Å². The Morgan fingerprint density at radius 1 is 1.00 bits per heavy atom. The van der Waals surface area contributed by atoms with E-state index < -0.39 is 19.7 Å². The molecule has 0 saturated carbocycles. The lowest BCUT2D eigenvalue weighted by Gasteiger charge is -2.36. The van der Waals surface area contributed by atoms with E-state index in [1.54, 1.807) is 43.3 Å². The van der Waals surface area contributed by atoms with Crippen LogP contribution in [-0.2, 0) is 18.6 Å². The minimum atomic E-state index is -3.87. The first-order valence-electron chi connectivity index (χ1n) is 13.6. The summed E-state index contributed by atoms with van der Waals surface area (Å²) >= 11 is 0. The molecule has 0 aliphatic heterocycles. The zero-order valence-corrected chi connectivity index (χ0v) is 25.2. The summed E-state index contributed by atoms with van der Waals surface area (Å²) in [5, 5.41) is 10.9. The van der Waals surface area contributed by atoms with Gasteiger partial charge in [0.25, 0.3) is 0 Å². The topological polar surface area (TPSA) is 91.3 Å². The van der Waals surface area contributed by atoms with Gasteiger partial charge in [0.05, 0.1) is 12.7 Å². The van der Waals surface area contributed by atoms with Crippen molar-refractivity contribution in [1.29, 1.82) is 0 Å². The van der Waals surface area contributed by atoms with Crippen molar-refractivity contribution in [2.45, 2.75) is 73.5 Å². The molecule has 0 amide bonds. The van der Waals surface area contributed by atoms with Gasteiger partial charge < -0.3 is 19.1 Å². The Morgan fingerprint density at radius 2 is 1.64 bits per heavy atom. The van der Waals surface area contributed by atoms with E-state index in [0.29, 0.717) is 11.5 Å². The monoisotopic (exact) mass is 560 g/mol. The summed E-state index contributed by atoms with van der Waals surface area (Å²) in [5.41, 5.74) is 1.03. The first-order valence-corrected chi connectivity index (χ1v) is 15.4. The van der Waals surface area contributed by atoms with Crippen LogP contribution in [0.2, 0.25) is 0 Å². The number of esters is 1. The maximum atomic E-state index is 13.5. The molecule has 216 valence electrons. The third-order valence-corrected chi connectivity index (χ3v) is 8.13. The number of aliphatic hydroxyl groups excluding tert-OH is 1. The lowest BCUT2D eigenvalue weighted by molar-refractivity contribution is -0.150. The van der Waals surface area contributed by atoms with Crippen molar-refractivity contribution in [3.8, 4) is 11.5 Å². The van der Waals surface area contributed by atoms with Crippen LogP contribution in [0.25, 0.3) is 6.08 Å². The summed E-state index contributed by atoms with van der Waals surface area (Å²) in [6, 6.07) is 15.9. The second kappa shape index (κ2) is 15.3. The molecule has 1 N–H and O–H groups in total. The Labute approximate surface area is 234 Å². The molecule has 2 aromatic carbocycles. The minimum Gasteiger partial charge on any atom is -0.480 e. The van der Waals surface area contributed by atoms with Gasteiger partial charge >= 0.3 is 13.6 Å². The van der Waals surface area contributed by atoms with Crippen LogP contribution in [0.4, 0.5) is 0 Å². The van der Waals surface area contributed by atoms with E-state index in [9.17, 15) is 14.5 Å². The molecule has 0 radical (unpaired) electrons. The van der Waals surface area contributed by atoms with Gasteiger partial charge in [-0.2, -0.15) is 0 Å². The molecule has 39 heavy (non-hydrogen) atoms. The minimum absolute atomic E-state index is 0.0555. The largest absolute Gasteiger partial charge is 0.480 e. The van der Waals surface area contributed by atoms with Crippen molar-refractivity contribution in [2.24, 2.45) is 17.3 Å². The molecule has 2 aromatic rings. The fourth-order valence-electron chi connectivity index (χ4n) is 4.41. The van der Waals surface area contributed by atoms with Crippen molar-refractivity contribution in [2.75, 3.05) is 13.0 Å². The Morgan fingerprint density at radius 3 is 2.21 bits per heavy atom. The third kappa shape index (κ3) is 10.8. The standard InChI is InChI=1S/C31H45O7P/c1-8-28(31(5,6)7)29(32)23(3)14-13-15-25-18-20-26(21-19-25)36-22-39(34,37-24(4)30(33)35-9-2)38-27-16-11-10-12-17-27/h10-13,15-21,23-24,28-29,32H,8-9,14,22H2,1-7H3/b15-13+/t23-,24+,28-,29-,39?/m1/s1. The summed E-state index contributed by atoms with van der Waals surface area (Å²) in [6.07, 6.45) is 3.95. The zero-order valence-electron chi connectivity index (χ0n) is 24.3. The molecule has 0 bridgehead atoms. The molecule has 0 fully saturated rings. The number of aliphatic hydroxyl groups is 1. The van der Waals surface area contributed by atoms with Crippen molar-refractivity contribution < 1.29 is 33.0 Å². The molecule has 8 heteroatoms. The van der Waals surface area contributed by atoms with Gasteiger partial charge in [0.15, 0.2) is 6.10 Å². The number of carbonyl (C=O) groups excluding carboxylic acids is 1. The van der Waals surface area contributed by atoms with Crippen molar-refractivity contribution in [3.05, 3.63) is 66.2 Å². The Kier molecular flexibility index (Phi) is 12.8. The molecule has 2 rings (SSSR count). The highest BCUT2D eigenvalue weighted by molar-refractivity contribution is 7.54. The van der Waals surface area contributed by atoms with Crippen LogP contribution in [0.5, 0.6) is 11.5 Å². The maximum absolute atomic E-state index is 13.5. The SMILES string of the molecule is CCOC(=O)[C@H](C)OP(=O)(COc1ccc(/C=C/C[C@@H](C)[C@@H](O)[C@@H](CC)C(C)(C)C)cc1)Oc1ccccc1. The van der Waals surface area contributed by atoms with Crippen LogP contribution < -0.4 is 9.26 Å². The predicted octanol–water partition coefficient (Wildman–Crippen LogP) is 7.74. The third-order valence-electron chi connectivity index (χ3n) is 6.56. The van der Waals surface area contributed by atoms with E-state index >= 15 is 0 Å². The number of ether oxygens (including phenoxy) is 2. The molecule has 0 aliphatic rings. The number of allylic oxidation sites excluding steroid dienone is 1. The Balaban J connectivity index is 2.01. The average Bonchev–Trinajstić information content (AvgIpc) is 2.88. The highest BCUT2D eigenvalue weighted by Gasteiger charge is 2.34. The van der Waals surface area contributed by atoms with E-state index in [1.807, 2.05) is 24.3 Å². The number of rotatable bonds is 15. The van der Waals surface area contributed by atoms with E-state index in [1.165, 1.54) is 6.92 Å². The molecule has 7 nitrogen and oxygen atoms in total. The fourth-order valence-corrected chi connectivity index (χ4v) is 5.89. The number of carbonyl (C=O) groups is 1. The molecule has 0 saturated heterocycles. The van der Waals surface area contributed by atoms with E-state index in [0.717, 1.165) is 18.4 Å². The lowest BCUT2D eigenvalue weighted by Crippen LogP contribution is -2.35. The van der Waals surface area contributed by atoms with Crippen LogP contribution in [-0.4, -0.2) is 36.2 Å². The quantitative estimate of drug-likeness (QED) is 0.176. The van der Waals surface area contributed by atoms with E-state index in [-0.39, 0.29) is 36.3 Å². The molecular weight excluding hydrogens is 515 g/mol. The average molecular weight is 561 g/mol. The molecule has 0 aliphatic carbocycles. The van der Waals surface area contributed by atoms with Gasteiger partial charge in [0, 0.05) is 0 Å². The van der Waals surface area contributed by atoms with Crippen LogP contribution in [0.3, 0.4) is 0 Å².